The van der Waals surface area contributed by atoms with E-state index in [1.807, 2.05) is 0 Å². The lowest BCUT2D eigenvalue weighted by Gasteiger charge is -2.47. The highest BCUT2D eigenvalue weighted by Gasteiger charge is 2.43. The second-order valence-corrected chi connectivity index (χ2v) is 6.75. The van der Waals surface area contributed by atoms with Crippen LogP contribution in [0.2, 0.25) is 0 Å². The van der Waals surface area contributed by atoms with Crippen LogP contribution in [0.1, 0.15) is 64.7 Å². The van der Waals surface area contributed by atoms with Crippen molar-refractivity contribution in [1.82, 2.24) is 4.90 Å². The van der Waals surface area contributed by atoms with Gasteiger partial charge in [0.25, 0.3) is 0 Å². The highest BCUT2D eigenvalue weighted by molar-refractivity contribution is 4.98. The molecule has 2 N–H and O–H groups in total. The first-order valence-electron chi connectivity index (χ1n) is 8.13. The molecule has 0 amide bonds. The molecule has 2 atom stereocenters. The average molecular weight is 252 g/mol. The van der Waals surface area contributed by atoms with Crippen LogP contribution in [0, 0.1) is 11.8 Å². The van der Waals surface area contributed by atoms with Gasteiger partial charge in [-0.1, -0.05) is 32.6 Å². The lowest BCUT2D eigenvalue weighted by Crippen LogP contribution is -2.55. The summed E-state index contributed by atoms with van der Waals surface area (Å²) in [4.78, 5) is 2.61. The van der Waals surface area contributed by atoms with Gasteiger partial charge in [0, 0.05) is 12.1 Å². The number of rotatable bonds is 7. The third-order valence-corrected chi connectivity index (χ3v) is 5.43. The molecule has 0 heterocycles. The van der Waals surface area contributed by atoms with Crippen molar-refractivity contribution in [1.29, 1.82) is 0 Å². The van der Waals surface area contributed by atoms with E-state index in [0.717, 1.165) is 18.4 Å². The maximum atomic E-state index is 6.18. The maximum absolute atomic E-state index is 6.18. The molecule has 2 rings (SSSR count). The van der Waals surface area contributed by atoms with Crippen LogP contribution in [0.4, 0.5) is 0 Å². The predicted molar refractivity (Wildman–Crippen MR) is 78.6 cm³/mol. The molecule has 106 valence electrons. The van der Waals surface area contributed by atoms with Gasteiger partial charge in [-0.15, -0.1) is 0 Å². The predicted octanol–water partition coefficient (Wildman–Crippen LogP) is 3.41. The second kappa shape index (κ2) is 6.38. The molecule has 2 unspecified atom stereocenters. The van der Waals surface area contributed by atoms with Crippen LogP contribution in [0.3, 0.4) is 0 Å². The number of hydrogen-bond acceptors (Lipinski definition) is 2. The summed E-state index contributed by atoms with van der Waals surface area (Å²) in [5.41, 5.74) is 6.52. The molecule has 2 aliphatic carbocycles. The molecule has 0 aliphatic heterocycles. The van der Waals surface area contributed by atoms with E-state index in [4.69, 9.17) is 5.73 Å². The quantitative estimate of drug-likeness (QED) is 0.704. The molecule has 0 aromatic carbocycles. The third kappa shape index (κ3) is 3.27. The van der Waals surface area contributed by atoms with Gasteiger partial charge in [-0.05, 0) is 57.5 Å². The SMILES string of the molecule is CCCCCN(C)C1(CN)CCCC(C2CC2)C1. The minimum Gasteiger partial charge on any atom is -0.329 e. The Morgan fingerprint density at radius 3 is 2.56 bits per heavy atom. The van der Waals surface area contributed by atoms with Crippen molar-refractivity contribution in [3.63, 3.8) is 0 Å². The topological polar surface area (TPSA) is 29.3 Å². The number of hydrogen-bond donors (Lipinski definition) is 1. The molecule has 2 saturated carbocycles. The number of likely N-dealkylation sites (N-methyl/N-ethyl adjacent to an activating group) is 1. The van der Waals surface area contributed by atoms with Gasteiger partial charge in [0.15, 0.2) is 0 Å². The average Bonchev–Trinajstić information content (AvgIpc) is 3.23. The summed E-state index contributed by atoms with van der Waals surface area (Å²) in [6.45, 7) is 4.38. The molecule has 0 saturated heterocycles. The molecule has 2 fully saturated rings. The monoisotopic (exact) mass is 252 g/mol. The first-order chi connectivity index (χ1) is 8.72. The lowest BCUT2D eigenvalue weighted by molar-refractivity contribution is 0.0505. The van der Waals surface area contributed by atoms with Crippen molar-refractivity contribution in [3.8, 4) is 0 Å². The van der Waals surface area contributed by atoms with Gasteiger partial charge < -0.3 is 5.73 Å². The Bertz CT molecular complexity index is 249. The van der Waals surface area contributed by atoms with Crippen LogP contribution in [0.15, 0.2) is 0 Å². The van der Waals surface area contributed by atoms with E-state index >= 15 is 0 Å². The van der Waals surface area contributed by atoms with E-state index in [-0.39, 0.29) is 0 Å². The zero-order valence-electron chi connectivity index (χ0n) is 12.5. The molecule has 2 heteroatoms. The zero-order valence-corrected chi connectivity index (χ0v) is 12.5. The largest absolute Gasteiger partial charge is 0.329 e. The van der Waals surface area contributed by atoms with Crippen molar-refractivity contribution in [2.45, 2.75) is 70.3 Å². The van der Waals surface area contributed by atoms with Crippen LogP contribution in [-0.4, -0.2) is 30.6 Å². The lowest BCUT2D eigenvalue weighted by atomic mass is 9.73. The highest BCUT2D eigenvalue weighted by Crippen LogP contribution is 2.47. The summed E-state index contributed by atoms with van der Waals surface area (Å²) in [7, 11) is 2.32. The fraction of sp³-hybridized carbons (Fsp3) is 1.00. The summed E-state index contributed by atoms with van der Waals surface area (Å²) < 4.78 is 0. The van der Waals surface area contributed by atoms with Crippen LogP contribution in [0.5, 0.6) is 0 Å². The molecule has 0 aromatic heterocycles. The Morgan fingerprint density at radius 2 is 1.94 bits per heavy atom. The Kier molecular flexibility index (Phi) is 5.08. The van der Waals surface area contributed by atoms with Crippen molar-refractivity contribution < 1.29 is 0 Å². The third-order valence-electron chi connectivity index (χ3n) is 5.43. The molecule has 2 aliphatic rings. The van der Waals surface area contributed by atoms with Gasteiger partial charge in [0.1, 0.15) is 0 Å². The zero-order chi connectivity index (χ0) is 13.0. The van der Waals surface area contributed by atoms with Gasteiger partial charge >= 0.3 is 0 Å². The van der Waals surface area contributed by atoms with E-state index in [9.17, 15) is 0 Å². The van der Waals surface area contributed by atoms with Gasteiger partial charge in [-0.25, -0.2) is 0 Å². The summed E-state index contributed by atoms with van der Waals surface area (Å²) in [5, 5.41) is 0. The van der Waals surface area contributed by atoms with E-state index in [1.54, 1.807) is 0 Å². The smallest absolute Gasteiger partial charge is 0.0331 e. The standard InChI is InChI=1S/C16H32N2/c1-3-4-5-11-18(2)16(13-17)10-6-7-15(12-16)14-8-9-14/h14-15H,3-13,17H2,1-2H3. The van der Waals surface area contributed by atoms with Gasteiger partial charge in [-0.3, -0.25) is 4.90 Å². The summed E-state index contributed by atoms with van der Waals surface area (Å²) in [6, 6.07) is 0. The van der Waals surface area contributed by atoms with E-state index in [1.165, 1.54) is 64.3 Å². The van der Waals surface area contributed by atoms with Gasteiger partial charge in [-0.2, -0.15) is 0 Å². The van der Waals surface area contributed by atoms with E-state index in [2.05, 4.69) is 18.9 Å². The van der Waals surface area contributed by atoms with Gasteiger partial charge in [0.05, 0.1) is 0 Å². The van der Waals surface area contributed by atoms with Crippen molar-refractivity contribution >= 4 is 0 Å². The number of nitrogens with two attached hydrogens (primary N) is 1. The fourth-order valence-electron chi connectivity index (χ4n) is 3.88. The van der Waals surface area contributed by atoms with Gasteiger partial charge in [0.2, 0.25) is 0 Å². The van der Waals surface area contributed by atoms with Crippen molar-refractivity contribution in [2.75, 3.05) is 20.1 Å². The van der Waals surface area contributed by atoms with Crippen LogP contribution in [0.25, 0.3) is 0 Å². The Labute approximate surface area is 113 Å². The van der Waals surface area contributed by atoms with Crippen molar-refractivity contribution in [2.24, 2.45) is 17.6 Å². The fourth-order valence-corrected chi connectivity index (χ4v) is 3.88. The Hall–Kier alpha value is -0.0800. The van der Waals surface area contributed by atoms with E-state index < -0.39 is 0 Å². The minimum atomic E-state index is 0.333. The van der Waals surface area contributed by atoms with E-state index in [0.29, 0.717) is 5.54 Å². The summed E-state index contributed by atoms with van der Waals surface area (Å²) in [6.07, 6.45) is 12.6. The second-order valence-electron chi connectivity index (χ2n) is 6.75. The molecule has 2 nitrogen and oxygen atoms in total. The molecule has 0 bridgehead atoms. The number of unbranched alkanes of at least 4 members (excludes halogenated alkanes) is 2. The van der Waals surface area contributed by atoms with Crippen LogP contribution >= 0.6 is 0 Å². The first-order valence-corrected chi connectivity index (χ1v) is 8.13. The molecule has 0 spiro atoms. The summed E-state index contributed by atoms with van der Waals surface area (Å²) in [5.74, 6) is 2.04. The Morgan fingerprint density at radius 1 is 1.17 bits per heavy atom. The Balaban J connectivity index is 1.90. The molecular formula is C16H32N2. The van der Waals surface area contributed by atoms with Crippen LogP contribution in [-0.2, 0) is 0 Å². The van der Waals surface area contributed by atoms with Crippen LogP contribution < -0.4 is 5.73 Å². The highest BCUT2D eigenvalue weighted by atomic mass is 15.2. The van der Waals surface area contributed by atoms with Crippen molar-refractivity contribution in [3.05, 3.63) is 0 Å². The molecular weight excluding hydrogens is 220 g/mol. The number of nitrogens with zero attached hydrogens (tertiary/aromatic N) is 1. The molecule has 0 radical (unpaired) electrons. The molecule has 18 heavy (non-hydrogen) atoms. The normalized spacial score (nSPS) is 33.0. The molecule has 0 aromatic rings. The summed E-state index contributed by atoms with van der Waals surface area (Å²) >= 11 is 0. The minimum absolute atomic E-state index is 0.333. The first kappa shape index (κ1) is 14.3. The maximum Gasteiger partial charge on any atom is 0.0331 e.